The summed E-state index contributed by atoms with van der Waals surface area (Å²) in [6.07, 6.45) is -0.279. The Morgan fingerprint density at radius 1 is 1.30 bits per heavy atom. The highest BCUT2D eigenvalue weighted by Crippen LogP contribution is 2.20. The van der Waals surface area contributed by atoms with Gasteiger partial charge in [-0.2, -0.15) is 5.48 Å². The molecule has 3 N–H and O–H groups in total. The molecule has 0 bridgehead atoms. The highest BCUT2D eigenvalue weighted by atomic mass is 16.7. The lowest BCUT2D eigenvalue weighted by Crippen LogP contribution is -2.33. The summed E-state index contributed by atoms with van der Waals surface area (Å²) in [5.41, 5.74) is 9.48. The van der Waals surface area contributed by atoms with Gasteiger partial charge in [-0.15, -0.1) is 0 Å². The molecule has 112 valence electrons. The molecule has 5 nitrogen and oxygen atoms in total. The Morgan fingerprint density at radius 2 is 1.90 bits per heavy atom. The Labute approximate surface area is 120 Å². The average Bonchev–Trinajstić information content (AvgIpc) is 2.33. The molecule has 5 heteroatoms. The molecule has 0 aliphatic heterocycles. The van der Waals surface area contributed by atoms with E-state index in [0.29, 0.717) is 13.0 Å². The molecule has 1 amide bonds. The molecule has 0 saturated carbocycles. The number of nitrogens with one attached hydrogen (secondary N) is 1. The molecule has 1 atom stereocenters. The molecule has 0 fully saturated rings. The SMILES string of the molecule is Cc1ccc(C(CCN)ONC(=O)OC(C)(C)C)cc1. The predicted octanol–water partition coefficient (Wildman–Crippen LogP) is 2.84. The van der Waals surface area contributed by atoms with Crippen molar-refractivity contribution >= 4 is 6.09 Å². The number of amides is 1. The van der Waals surface area contributed by atoms with Crippen LogP contribution in [0.5, 0.6) is 0 Å². The van der Waals surface area contributed by atoms with Gasteiger partial charge in [0.1, 0.15) is 11.7 Å². The van der Waals surface area contributed by atoms with Crippen LogP contribution in [0, 0.1) is 6.92 Å². The third kappa shape index (κ3) is 6.04. The maximum Gasteiger partial charge on any atom is 0.431 e. The number of nitrogens with two attached hydrogens (primary N) is 1. The largest absolute Gasteiger partial charge is 0.442 e. The number of benzene rings is 1. The zero-order chi connectivity index (χ0) is 15.2. The number of carbonyl (C=O) groups is 1. The summed E-state index contributed by atoms with van der Waals surface area (Å²) in [7, 11) is 0. The molecule has 0 aromatic heterocycles. The number of hydrogen-bond donors (Lipinski definition) is 2. The molecule has 0 spiro atoms. The summed E-state index contributed by atoms with van der Waals surface area (Å²) >= 11 is 0. The minimum absolute atomic E-state index is 0.284. The summed E-state index contributed by atoms with van der Waals surface area (Å²) in [4.78, 5) is 17.0. The molecule has 0 aliphatic rings. The van der Waals surface area contributed by atoms with Crippen LogP contribution in [0.15, 0.2) is 24.3 Å². The summed E-state index contributed by atoms with van der Waals surface area (Å²) < 4.78 is 5.11. The van der Waals surface area contributed by atoms with E-state index in [9.17, 15) is 4.79 Å². The molecule has 20 heavy (non-hydrogen) atoms. The molecular formula is C15H24N2O3. The molecule has 1 aromatic rings. The van der Waals surface area contributed by atoms with Crippen LogP contribution < -0.4 is 11.2 Å². The smallest absolute Gasteiger partial charge is 0.431 e. The van der Waals surface area contributed by atoms with Crippen molar-refractivity contribution in [3.63, 3.8) is 0 Å². The van der Waals surface area contributed by atoms with Crippen molar-refractivity contribution in [2.75, 3.05) is 6.54 Å². The Bertz CT molecular complexity index is 424. The summed E-state index contributed by atoms with van der Waals surface area (Å²) in [5.74, 6) is 0. The number of aryl methyl sites for hydroxylation is 1. The van der Waals surface area contributed by atoms with Crippen LogP contribution in [0.4, 0.5) is 4.79 Å². The Kier molecular flexibility index (Phi) is 5.98. The summed E-state index contributed by atoms with van der Waals surface area (Å²) in [6, 6.07) is 7.92. The minimum Gasteiger partial charge on any atom is -0.442 e. The van der Waals surface area contributed by atoms with Crippen LogP contribution in [0.1, 0.15) is 44.4 Å². The second kappa shape index (κ2) is 7.26. The lowest BCUT2D eigenvalue weighted by atomic mass is 10.1. The van der Waals surface area contributed by atoms with Crippen molar-refractivity contribution in [3.05, 3.63) is 35.4 Å². The van der Waals surface area contributed by atoms with Gasteiger partial charge in [-0.3, -0.25) is 4.84 Å². The van der Waals surface area contributed by atoms with Gasteiger partial charge in [-0.05, 0) is 46.2 Å². The second-order valence-corrected chi connectivity index (χ2v) is 5.70. The zero-order valence-electron chi connectivity index (χ0n) is 12.6. The molecular weight excluding hydrogens is 256 g/mol. The van der Waals surface area contributed by atoms with E-state index in [4.69, 9.17) is 15.3 Å². The van der Waals surface area contributed by atoms with E-state index < -0.39 is 11.7 Å². The topological polar surface area (TPSA) is 73.6 Å². The highest BCUT2D eigenvalue weighted by Gasteiger charge is 2.18. The van der Waals surface area contributed by atoms with E-state index >= 15 is 0 Å². The normalized spacial score (nSPS) is 12.8. The second-order valence-electron chi connectivity index (χ2n) is 5.70. The van der Waals surface area contributed by atoms with Crippen LogP contribution in [0.25, 0.3) is 0 Å². The van der Waals surface area contributed by atoms with Gasteiger partial charge in [0.15, 0.2) is 0 Å². The number of ether oxygens (including phenoxy) is 1. The van der Waals surface area contributed by atoms with E-state index in [1.165, 1.54) is 5.56 Å². The van der Waals surface area contributed by atoms with E-state index in [-0.39, 0.29) is 6.10 Å². The number of hydrogen-bond acceptors (Lipinski definition) is 4. The number of carbonyl (C=O) groups excluding carboxylic acids is 1. The first kappa shape index (κ1) is 16.5. The first-order valence-electron chi connectivity index (χ1n) is 6.73. The molecule has 0 aliphatic carbocycles. The standard InChI is InChI=1S/C15H24N2O3/c1-11-5-7-12(8-6-11)13(9-10-16)20-17-14(18)19-15(2,3)4/h5-8,13H,9-10,16H2,1-4H3,(H,17,18). The van der Waals surface area contributed by atoms with E-state index in [1.54, 1.807) is 20.8 Å². The van der Waals surface area contributed by atoms with Crippen molar-refractivity contribution < 1.29 is 14.4 Å². The van der Waals surface area contributed by atoms with E-state index in [2.05, 4.69) is 5.48 Å². The monoisotopic (exact) mass is 280 g/mol. The van der Waals surface area contributed by atoms with Crippen LogP contribution >= 0.6 is 0 Å². The van der Waals surface area contributed by atoms with E-state index in [0.717, 1.165) is 5.56 Å². The van der Waals surface area contributed by atoms with Crippen molar-refractivity contribution in [1.29, 1.82) is 0 Å². The zero-order valence-corrected chi connectivity index (χ0v) is 12.6. The van der Waals surface area contributed by atoms with Gasteiger partial charge in [0.25, 0.3) is 0 Å². The highest BCUT2D eigenvalue weighted by molar-refractivity contribution is 5.66. The van der Waals surface area contributed by atoms with Gasteiger partial charge < -0.3 is 10.5 Å². The van der Waals surface area contributed by atoms with Crippen LogP contribution in [0.3, 0.4) is 0 Å². The quantitative estimate of drug-likeness (QED) is 0.813. The van der Waals surface area contributed by atoms with Crippen molar-refractivity contribution in [3.8, 4) is 0 Å². The van der Waals surface area contributed by atoms with Gasteiger partial charge in [0.2, 0.25) is 0 Å². The number of hydroxylamine groups is 1. The van der Waals surface area contributed by atoms with Gasteiger partial charge in [-0.25, -0.2) is 4.79 Å². The fourth-order valence-corrected chi connectivity index (χ4v) is 1.64. The molecule has 1 aromatic carbocycles. The lowest BCUT2D eigenvalue weighted by Gasteiger charge is -2.22. The third-order valence-electron chi connectivity index (χ3n) is 2.56. The average molecular weight is 280 g/mol. The Balaban J connectivity index is 2.59. The molecule has 1 unspecified atom stereocenters. The van der Waals surface area contributed by atoms with Crippen molar-refractivity contribution in [2.45, 2.75) is 45.8 Å². The first-order chi connectivity index (χ1) is 9.31. The predicted molar refractivity (Wildman–Crippen MR) is 78.0 cm³/mol. The fourth-order valence-electron chi connectivity index (χ4n) is 1.64. The van der Waals surface area contributed by atoms with E-state index in [1.807, 2.05) is 31.2 Å². The summed E-state index contributed by atoms with van der Waals surface area (Å²) in [5, 5.41) is 0. The van der Waals surface area contributed by atoms with Crippen molar-refractivity contribution in [2.24, 2.45) is 5.73 Å². The van der Waals surface area contributed by atoms with Gasteiger partial charge in [0, 0.05) is 0 Å². The van der Waals surface area contributed by atoms with Gasteiger partial charge >= 0.3 is 6.09 Å². The van der Waals surface area contributed by atoms with Crippen LogP contribution in [0.2, 0.25) is 0 Å². The maximum atomic E-state index is 11.6. The molecule has 0 saturated heterocycles. The summed E-state index contributed by atoms with van der Waals surface area (Å²) in [6.45, 7) is 7.87. The fraction of sp³-hybridized carbons (Fsp3) is 0.533. The minimum atomic E-state index is -0.605. The van der Waals surface area contributed by atoms with Gasteiger partial charge in [0.05, 0.1) is 0 Å². The molecule has 0 heterocycles. The van der Waals surface area contributed by atoms with Crippen LogP contribution in [-0.4, -0.2) is 18.2 Å². The first-order valence-corrected chi connectivity index (χ1v) is 6.73. The third-order valence-corrected chi connectivity index (χ3v) is 2.56. The maximum absolute atomic E-state index is 11.6. The molecule has 1 rings (SSSR count). The van der Waals surface area contributed by atoms with Crippen molar-refractivity contribution in [1.82, 2.24) is 5.48 Å². The Morgan fingerprint density at radius 3 is 2.40 bits per heavy atom. The number of rotatable bonds is 5. The van der Waals surface area contributed by atoms with Gasteiger partial charge in [-0.1, -0.05) is 29.8 Å². The van der Waals surface area contributed by atoms with Crippen LogP contribution in [-0.2, 0) is 9.57 Å². The Hall–Kier alpha value is -1.59. The lowest BCUT2D eigenvalue weighted by molar-refractivity contribution is -0.0455. The molecule has 0 radical (unpaired) electrons.